The Kier molecular flexibility index (Phi) is 4.81. The van der Waals surface area contributed by atoms with Gasteiger partial charge in [-0.25, -0.2) is 0 Å². The Labute approximate surface area is 142 Å². The molecule has 128 valence electrons. The van der Waals surface area contributed by atoms with Gasteiger partial charge in [-0.15, -0.1) is 0 Å². The number of benzene rings is 2. The summed E-state index contributed by atoms with van der Waals surface area (Å²) >= 11 is 0. The van der Waals surface area contributed by atoms with Crippen LogP contribution in [0.1, 0.15) is 29.2 Å². The molecule has 0 fully saturated rings. The number of fused-ring (bicyclic) bond motifs is 1. The Morgan fingerprint density at radius 2 is 1.79 bits per heavy atom. The first-order valence-corrected chi connectivity index (χ1v) is 8.01. The van der Waals surface area contributed by atoms with Crippen LogP contribution in [-0.2, 0) is 13.0 Å². The highest BCUT2D eigenvalue weighted by atomic mass is 16.5. The van der Waals surface area contributed by atoms with Crippen LogP contribution in [-0.4, -0.2) is 26.4 Å². The fourth-order valence-corrected chi connectivity index (χ4v) is 3.33. The first-order valence-electron chi connectivity index (χ1n) is 8.01. The summed E-state index contributed by atoms with van der Waals surface area (Å²) in [7, 11) is 4.83. The Morgan fingerprint density at radius 1 is 1.08 bits per heavy atom. The number of rotatable bonds is 6. The zero-order valence-electron chi connectivity index (χ0n) is 14.3. The number of phenols is 1. The highest BCUT2D eigenvalue weighted by Crippen LogP contribution is 2.39. The second-order valence-electron chi connectivity index (χ2n) is 5.85. The minimum absolute atomic E-state index is 0.242. The SMILES string of the molecule is COc1cc(CNC2CCc3c(O)cccc32)cc(OC)c1OC. The third kappa shape index (κ3) is 2.99. The number of hydrogen-bond donors (Lipinski definition) is 2. The van der Waals surface area contributed by atoms with Crippen molar-refractivity contribution in [1.29, 1.82) is 0 Å². The topological polar surface area (TPSA) is 60.0 Å². The molecule has 5 nitrogen and oxygen atoms in total. The number of nitrogens with one attached hydrogen (secondary N) is 1. The van der Waals surface area contributed by atoms with Crippen molar-refractivity contribution in [3.05, 3.63) is 47.0 Å². The van der Waals surface area contributed by atoms with E-state index in [2.05, 4.69) is 11.4 Å². The van der Waals surface area contributed by atoms with E-state index in [1.54, 1.807) is 27.4 Å². The zero-order valence-corrected chi connectivity index (χ0v) is 14.3. The molecule has 0 aromatic heterocycles. The van der Waals surface area contributed by atoms with E-state index in [4.69, 9.17) is 14.2 Å². The summed E-state index contributed by atoms with van der Waals surface area (Å²) < 4.78 is 16.1. The lowest BCUT2D eigenvalue weighted by molar-refractivity contribution is 0.323. The van der Waals surface area contributed by atoms with E-state index in [0.29, 0.717) is 29.5 Å². The summed E-state index contributed by atoms with van der Waals surface area (Å²) in [5.41, 5.74) is 3.29. The van der Waals surface area contributed by atoms with Crippen molar-refractivity contribution in [1.82, 2.24) is 5.32 Å². The van der Waals surface area contributed by atoms with Gasteiger partial charge < -0.3 is 24.6 Å². The highest BCUT2D eigenvalue weighted by Gasteiger charge is 2.24. The van der Waals surface area contributed by atoms with Crippen molar-refractivity contribution in [2.75, 3.05) is 21.3 Å². The molecule has 0 saturated heterocycles. The minimum atomic E-state index is 0.242. The Bertz CT molecular complexity index is 704. The van der Waals surface area contributed by atoms with Crippen molar-refractivity contribution in [2.45, 2.75) is 25.4 Å². The average Bonchev–Trinajstić information content (AvgIpc) is 3.03. The second kappa shape index (κ2) is 7.01. The molecule has 0 heterocycles. The van der Waals surface area contributed by atoms with E-state index in [1.165, 1.54) is 5.56 Å². The molecule has 1 unspecified atom stereocenters. The van der Waals surface area contributed by atoms with Crippen molar-refractivity contribution in [3.63, 3.8) is 0 Å². The number of phenolic OH excluding ortho intramolecular Hbond substituents is 1. The van der Waals surface area contributed by atoms with Gasteiger partial charge in [0, 0.05) is 12.6 Å². The third-order valence-electron chi connectivity index (χ3n) is 4.52. The van der Waals surface area contributed by atoms with E-state index in [1.807, 2.05) is 18.2 Å². The van der Waals surface area contributed by atoms with Crippen molar-refractivity contribution in [3.8, 4) is 23.0 Å². The molecule has 0 saturated carbocycles. The smallest absolute Gasteiger partial charge is 0.203 e. The van der Waals surface area contributed by atoms with Crippen molar-refractivity contribution >= 4 is 0 Å². The lowest BCUT2D eigenvalue weighted by Crippen LogP contribution is -2.18. The van der Waals surface area contributed by atoms with Gasteiger partial charge in [0.05, 0.1) is 21.3 Å². The minimum Gasteiger partial charge on any atom is -0.508 e. The molecule has 0 bridgehead atoms. The van der Waals surface area contributed by atoms with E-state index in [0.717, 1.165) is 24.0 Å². The van der Waals surface area contributed by atoms with Gasteiger partial charge in [0.15, 0.2) is 11.5 Å². The van der Waals surface area contributed by atoms with E-state index in [9.17, 15) is 5.11 Å². The average molecular weight is 329 g/mol. The molecule has 24 heavy (non-hydrogen) atoms. The largest absolute Gasteiger partial charge is 0.508 e. The monoisotopic (exact) mass is 329 g/mol. The summed E-state index contributed by atoms with van der Waals surface area (Å²) in [6, 6.07) is 9.87. The van der Waals surface area contributed by atoms with Crippen molar-refractivity contribution in [2.24, 2.45) is 0 Å². The van der Waals surface area contributed by atoms with Crippen LogP contribution < -0.4 is 19.5 Å². The molecule has 1 aliphatic carbocycles. The van der Waals surface area contributed by atoms with Crippen LogP contribution in [0.15, 0.2) is 30.3 Å². The summed E-state index contributed by atoms with van der Waals surface area (Å²) in [5.74, 6) is 2.29. The maximum Gasteiger partial charge on any atom is 0.203 e. The van der Waals surface area contributed by atoms with Crippen LogP contribution in [0.5, 0.6) is 23.0 Å². The molecular formula is C19H23NO4. The second-order valence-corrected chi connectivity index (χ2v) is 5.85. The summed E-state index contributed by atoms with van der Waals surface area (Å²) in [4.78, 5) is 0. The fraction of sp³-hybridized carbons (Fsp3) is 0.368. The summed E-state index contributed by atoms with van der Waals surface area (Å²) in [5, 5.41) is 13.5. The van der Waals surface area contributed by atoms with Crippen LogP contribution in [0.3, 0.4) is 0 Å². The number of hydrogen-bond acceptors (Lipinski definition) is 5. The number of methoxy groups -OCH3 is 3. The summed E-state index contributed by atoms with van der Waals surface area (Å²) in [6.45, 7) is 0.677. The maximum absolute atomic E-state index is 9.95. The van der Waals surface area contributed by atoms with Gasteiger partial charge >= 0.3 is 0 Å². The predicted molar refractivity (Wildman–Crippen MR) is 92.1 cm³/mol. The first kappa shape index (κ1) is 16.5. The maximum atomic E-state index is 9.95. The van der Waals surface area contributed by atoms with Gasteiger partial charge in [-0.3, -0.25) is 0 Å². The fourth-order valence-electron chi connectivity index (χ4n) is 3.33. The lowest BCUT2D eigenvalue weighted by atomic mass is 10.1. The highest BCUT2D eigenvalue weighted by molar-refractivity contribution is 5.54. The van der Waals surface area contributed by atoms with Gasteiger partial charge in [-0.1, -0.05) is 12.1 Å². The summed E-state index contributed by atoms with van der Waals surface area (Å²) in [6.07, 6.45) is 1.88. The molecule has 0 amide bonds. The van der Waals surface area contributed by atoms with Gasteiger partial charge in [0.25, 0.3) is 0 Å². The van der Waals surface area contributed by atoms with Crippen LogP contribution in [0.4, 0.5) is 0 Å². The van der Waals surface area contributed by atoms with Crippen LogP contribution in [0, 0.1) is 0 Å². The Morgan fingerprint density at radius 3 is 2.42 bits per heavy atom. The molecule has 2 N–H and O–H groups in total. The standard InChI is InChI=1S/C19H23NO4/c1-22-17-9-12(10-18(23-2)19(17)24-3)11-20-15-8-7-14-13(15)5-4-6-16(14)21/h4-6,9-10,15,20-21H,7-8,11H2,1-3H3. The van der Waals surface area contributed by atoms with Crippen LogP contribution >= 0.6 is 0 Å². The van der Waals surface area contributed by atoms with Gasteiger partial charge in [-0.2, -0.15) is 0 Å². The predicted octanol–water partition coefficient (Wildman–Crippen LogP) is 3.20. The third-order valence-corrected chi connectivity index (χ3v) is 4.52. The van der Waals surface area contributed by atoms with Crippen LogP contribution in [0.25, 0.3) is 0 Å². The number of ether oxygens (including phenoxy) is 3. The van der Waals surface area contributed by atoms with E-state index in [-0.39, 0.29) is 6.04 Å². The molecule has 2 aromatic rings. The normalized spacial score (nSPS) is 15.9. The molecule has 1 atom stereocenters. The molecule has 0 radical (unpaired) electrons. The molecule has 0 spiro atoms. The van der Waals surface area contributed by atoms with E-state index >= 15 is 0 Å². The Balaban J connectivity index is 1.78. The lowest BCUT2D eigenvalue weighted by Gasteiger charge is -2.17. The van der Waals surface area contributed by atoms with Gasteiger partial charge in [0.2, 0.25) is 5.75 Å². The zero-order chi connectivity index (χ0) is 17.1. The molecule has 1 aliphatic rings. The Hall–Kier alpha value is -2.40. The quantitative estimate of drug-likeness (QED) is 0.852. The molecule has 5 heteroatoms. The number of aromatic hydroxyl groups is 1. The van der Waals surface area contributed by atoms with Gasteiger partial charge in [0.1, 0.15) is 5.75 Å². The molecular weight excluding hydrogens is 306 g/mol. The first-order chi connectivity index (χ1) is 11.7. The van der Waals surface area contributed by atoms with Gasteiger partial charge in [-0.05, 0) is 47.7 Å². The van der Waals surface area contributed by atoms with Crippen LogP contribution in [0.2, 0.25) is 0 Å². The molecule has 2 aromatic carbocycles. The van der Waals surface area contributed by atoms with Crippen molar-refractivity contribution < 1.29 is 19.3 Å². The molecule has 3 rings (SSSR count). The molecule has 0 aliphatic heterocycles. The van der Waals surface area contributed by atoms with E-state index < -0.39 is 0 Å².